The minimum atomic E-state index is 0.144. The van der Waals surface area contributed by atoms with E-state index in [1.807, 2.05) is 6.07 Å². The number of benzene rings is 1. The van der Waals surface area contributed by atoms with Gasteiger partial charge in [0, 0.05) is 19.8 Å². The lowest BCUT2D eigenvalue weighted by Gasteiger charge is -2.18. The fraction of sp³-hybridized carbons (Fsp3) is 0.600. The lowest BCUT2D eigenvalue weighted by atomic mass is 9.96. The average Bonchev–Trinajstić information content (AvgIpc) is 2.29. The van der Waals surface area contributed by atoms with Crippen LogP contribution in [0, 0.1) is 12.8 Å². The minimum Gasteiger partial charge on any atom is -0.496 e. The second-order valence-corrected chi connectivity index (χ2v) is 5.08. The summed E-state index contributed by atoms with van der Waals surface area (Å²) in [7, 11) is 3.43. The molecule has 0 aliphatic heterocycles. The molecule has 0 amide bonds. The van der Waals surface area contributed by atoms with Crippen LogP contribution in [-0.2, 0) is 11.2 Å². The third-order valence-corrected chi connectivity index (χ3v) is 3.07. The van der Waals surface area contributed by atoms with Crippen LogP contribution in [-0.4, -0.2) is 26.9 Å². The summed E-state index contributed by atoms with van der Waals surface area (Å²) in [6, 6.07) is 6.36. The molecule has 0 bridgehead atoms. The number of nitrogens with two attached hydrogens (primary N) is 1. The number of methoxy groups -OCH3 is 2. The van der Waals surface area contributed by atoms with Crippen LogP contribution in [0.2, 0.25) is 0 Å². The first-order valence-corrected chi connectivity index (χ1v) is 6.44. The molecule has 0 aliphatic rings. The van der Waals surface area contributed by atoms with Gasteiger partial charge in [0.25, 0.3) is 0 Å². The molecule has 3 heteroatoms. The van der Waals surface area contributed by atoms with Gasteiger partial charge in [-0.05, 0) is 37.3 Å². The fourth-order valence-corrected chi connectivity index (χ4v) is 2.30. The third-order valence-electron chi connectivity index (χ3n) is 3.07. The fourth-order valence-electron chi connectivity index (χ4n) is 2.30. The minimum absolute atomic E-state index is 0.144. The number of rotatable bonds is 7. The highest BCUT2D eigenvalue weighted by Gasteiger charge is 2.12. The maximum atomic E-state index is 6.20. The summed E-state index contributed by atoms with van der Waals surface area (Å²) >= 11 is 0. The molecule has 0 radical (unpaired) electrons. The molecule has 102 valence electrons. The van der Waals surface area contributed by atoms with Crippen molar-refractivity contribution >= 4 is 0 Å². The van der Waals surface area contributed by atoms with Crippen LogP contribution in [0.1, 0.15) is 24.5 Å². The second kappa shape index (κ2) is 7.39. The maximum absolute atomic E-state index is 6.20. The van der Waals surface area contributed by atoms with Crippen LogP contribution in [0.4, 0.5) is 0 Å². The van der Waals surface area contributed by atoms with E-state index in [1.165, 1.54) is 11.1 Å². The van der Waals surface area contributed by atoms with Gasteiger partial charge in [-0.2, -0.15) is 0 Å². The summed E-state index contributed by atoms with van der Waals surface area (Å²) in [5.74, 6) is 1.41. The monoisotopic (exact) mass is 251 g/mol. The molecule has 1 aromatic rings. The Bertz CT molecular complexity index is 366. The van der Waals surface area contributed by atoms with Crippen LogP contribution in [0.3, 0.4) is 0 Å². The molecule has 0 saturated heterocycles. The summed E-state index contributed by atoms with van der Waals surface area (Å²) < 4.78 is 10.5. The second-order valence-electron chi connectivity index (χ2n) is 5.08. The topological polar surface area (TPSA) is 44.5 Å². The van der Waals surface area contributed by atoms with Crippen molar-refractivity contribution in [2.45, 2.75) is 32.7 Å². The molecular formula is C15H25NO2. The van der Waals surface area contributed by atoms with E-state index in [-0.39, 0.29) is 6.04 Å². The number of hydrogen-bond acceptors (Lipinski definition) is 3. The normalized spacial score (nSPS) is 14.3. The first-order valence-electron chi connectivity index (χ1n) is 6.44. The zero-order valence-corrected chi connectivity index (χ0v) is 11.9. The van der Waals surface area contributed by atoms with E-state index in [4.69, 9.17) is 15.2 Å². The Balaban J connectivity index is 2.63. The van der Waals surface area contributed by atoms with Gasteiger partial charge in [0.2, 0.25) is 0 Å². The molecule has 0 spiro atoms. The lowest BCUT2D eigenvalue weighted by Crippen LogP contribution is -2.27. The molecular weight excluding hydrogens is 226 g/mol. The first kappa shape index (κ1) is 15.0. The van der Waals surface area contributed by atoms with Crippen LogP contribution in [0.25, 0.3) is 0 Å². The Morgan fingerprint density at radius 2 is 2.00 bits per heavy atom. The summed E-state index contributed by atoms with van der Waals surface area (Å²) in [6.45, 7) is 5.01. The lowest BCUT2D eigenvalue weighted by molar-refractivity contribution is 0.152. The Labute approximate surface area is 110 Å². The van der Waals surface area contributed by atoms with Crippen molar-refractivity contribution in [2.75, 3.05) is 20.8 Å². The highest BCUT2D eigenvalue weighted by molar-refractivity contribution is 5.37. The zero-order valence-electron chi connectivity index (χ0n) is 11.9. The van der Waals surface area contributed by atoms with Crippen molar-refractivity contribution in [1.29, 1.82) is 0 Å². The molecule has 2 unspecified atom stereocenters. The molecule has 0 aromatic heterocycles. The Hall–Kier alpha value is -1.06. The van der Waals surface area contributed by atoms with Crippen LogP contribution >= 0.6 is 0 Å². The molecule has 2 atom stereocenters. The molecule has 0 fully saturated rings. The zero-order chi connectivity index (χ0) is 13.5. The number of ether oxygens (including phenoxy) is 2. The van der Waals surface area contributed by atoms with E-state index in [1.54, 1.807) is 14.2 Å². The van der Waals surface area contributed by atoms with Crippen molar-refractivity contribution < 1.29 is 9.47 Å². The summed E-state index contributed by atoms with van der Waals surface area (Å²) in [5, 5.41) is 0. The smallest absolute Gasteiger partial charge is 0.122 e. The SMILES string of the molecule is COCC(C)CC(N)Cc1cc(C)ccc1OC. The molecule has 0 aliphatic carbocycles. The van der Waals surface area contributed by atoms with Crippen LogP contribution in [0.5, 0.6) is 5.75 Å². The largest absolute Gasteiger partial charge is 0.496 e. The van der Waals surface area contributed by atoms with Crippen molar-refractivity contribution in [3.63, 3.8) is 0 Å². The molecule has 0 heterocycles. The molecule has 18 heavy (non-hydrogen) atoms. The highest BCUT2D eigenvalue weighted by Crippen LogP contribution is 2.22. The van der Waals surface area contributed by atoms with Gasteiger partial charge >= 0.3 is 0 Å². The van der Waals surface area contributed by atoms with E-state index in [0.717, 1.165) is 25.2 Å². The molecule has 0 saturated carbocycles. The predicted octanol–water partition coefficient (Wildman–Crippen LogP) is 2.55. The Morgan fingerprint density at radius 1 is 1.28 bits per heavy atom. The summed E-state index contributed by atoms with van der Waals surface area (Å²) in [4.78, 5) is 0. The summed E-state index contributed by atoms with van der Waals surface area (Å²) in [6.07, 6.45) is 1.81. The van der Waals surface area contributed by atoms with Crippen LogP contribution < -0.4 is 10.5 Å². The third kappa shape index (κ3) is 4.67. The highest BCUT2D eigenvalue weighted by atomic mass is 16.5. The van der Waals surface area contributed by atoms with Crippen molar-refractivity contribution in [3.8, 4) is 5.75 Å². The van der Waals surface area contributed by atoms with Crippen molar-refractivity contribution in [1.82, 2.24) is 0 Å². The summed E-state index contributed by atoms with van der Waals surface area (Å²) in [5.41, 5.74) is 8.63. The van der Waals surface area contributed by atoms with Gasteiger partial charge in [-0.3, -0.25) is 0 Å². The van der Waals surface area contributed by atoms with Crippen molar-refractivity contribution in [2.24, 2.45) is 11.7 Å². The maximum Gasteiger partial charge on any atom is 0.122 e. The molecule has 2 N–H and O–H groups in total. The van der Waals surface area contributed by atoms with Crippen molar-refractivity contribution in [3.05, 3.63) is 29.3 Å². The van der Waals surface area contributed by atoms with E-state index < -0.39 is 0 Å². The van der Waals surface area contributed by atoms with Gasteiger partial charge in [0.15, 0.2) is 0 Å². The van der Waals surface area contributed by atoms with Gasteiger partial charge in [0.1, 0.15) is 5.75 Å². The van der Waals surface area contributed by atoms with Gasteiger partial charge < -0.3 is 15.2 Å². The average molecular weight is 251 g/mol. The van der Waals surface area contributed by atoms with E-state index in [2.05, 4.69) is 26.0 Å². The van der Waals surface area contributed by atoms with Gasteiger partial charge in [-0.1, -0.05) is 24.6 Å². The first-order chi connectivity index (χ1) is 8.56. The predicted molar refractivity (Wildman–Crippen MR) is 75.1 cm³/mol. The molecule has 3 nitrogen and oxygen atoms in total. The quantitative estimate of drug-likeness (QED) is 0.810. The van der Waals surface area contributed by atoms with Gasteiger partial charge in [-0.15, -0.1) is 0 Å². The van der Waals surface area contributed by atoms with Crippen LogP contribution in [0.15, 0.2) is 18.2 Å². The standard InChI is InChI=1S/C15H25NO2/c1-11-5-6-15(18-4)13(7-11)9-14(16)8-12(2)10-17-3/h5-7,12,14H,8-10,16H2,1-4H3. The number of hydrogen-bond donors (Lipinski definition) is 1. The number of aryl methyl sites for hydroxylation is 1. The van der Waals surface area contributed by atoms with Gasteiger partial charge in [-0.25, -0.2) is 0 Å². The molecule has 1 rings (SSSR count). The Kier molecular flexibility index (Phi) is 6.16. The van der Waals surface area contributed by atoms with E-state index >= 15 is 0 Å². The van der Waals surface area contributed by atoms with E-state index in [9.17, 15) is 0 Å². The Morgan fingerprint density at radius 3 is 2.61 bits per heavy atom. The van der Waals surface area contributed by atoms with Gasteiger partial charge in [0.05, 0.1) is 7.11 Å². The van der Waals surface area contributed by atoms with E-state index in [0.29, 0.717) is 5.92 Å². The molecule has 1 aromatic carbocycles.